The first-order chi connectivity index (χ1) is 9.60. The van der Waals surface area contributed by atoms with E-state index in [1.54, 1.807) is 0 Å². The van der Waals surface area contributed by atoms with Crippen molar-refractivity contribution >= 4 is 27.8 Å². The molecule has 1 aromatic carbocycles. The van der Waals surface area contributed by atoms with Crippen LogP contribution in [0.25, 0.3) is 0 Å². The second-order valence-electron chi connectivity index (χ2n) is 4.96. The van der Waals surface area contributed by atoms with Crippen LogP contribution >= 0.6 is 15.9 Å². The van der Waals surface area contributed by atoms with Crippen LogP contribution in [0.5, 0.6) is 0 Å². The van der Waals surface area contributed by atoms with E-state index in [9.17, 15) is 9.59 Å². The van der Waals surface area contributed by atoms with Crippen molar-refractivity contribution in [1.29, 1.82) is 0 Å². The van der Waals surface area contributed by atoms with Crippen molar-refractivity contribution in [3.05, 3.63) is 34.3 Å². The zero-order valence-electron chi connectivity index (χ0n) is 11.4. The van der Waals surface area contributed by atoms with Gasteiger partial charge >= 0.3 is 5.97 Å². The van der Waals surface area contributed by atoms with E-state index >= 15 is 0 Å². The summed E-state index contributed by atoms with van der Waals surface area (Å²) in [4.78, 5) is 23.2. The quantitative estimate of drug-likeness (QED) is 0.810. The van der Waals surface area contributed by atoms with E-state index in [2.05, 4.69) is 21.2 Å². The molecule has 5 heteroatoms. The Morgan fingerprint density at radius 3 is 2.55 bits per heavy atom. The van der Waals surface area contributed by atoms with Crippen LogP contribution in [-0.2, 0) is 14.3 Å². The number of hydrogen-bond donors (Lipinski definition) is 1. The van der Waals surface area contributed by atoms with Gasteiger partial charge in [0.05, 0.1) is 12.0 Å². The van der Waals surface area contributed by atoms with Crippen LogP contribution in [0.4, 0.5) is 0 Å². The zero-order chi connectivity index (χ0) is 14.5. The van der Waals surface area contributed by atoms with Crippen molar-refractivity contribution in [3.63, 3.8) is 0 Å². The molecule has 1 aliphatic carbocycles. The molecule has 20 heavy (non-hydrogen) atoms. The number of hydrogen-bond acceptors (Lipinski definition) is 3. The first kappa shape index (κ1) is 15.0. The molecule has 1 aliphatic rings. The van der Waals surface area contributed by atoms with Crippen LogP contribution in [0.15, 0.2) is 28.7 Å². The third-order valence-electron chi connectivity index (χ3n) is 3.27. The summed E-state index contributed by atoms with van der Waals surface area (Å²) in [6.45, 7) is 1.81. The minimum Gasteiger partial charge on any atom is -0.455 e. The van der Waals surface area contributed by atoms with Gasteiger partial charge in [0, 0.05) is 4.47 Å². The fraction of sp³-hybridized carbons (Fsp3) is 0.467. The maximum atomic E-state index is 11.8. The molecule has 1 atom stereocenters. The lowest BCUT2D eigenvalue weighted by Gasteiger charge is -2.17. The van der Waals surface area contributed by atoms with Crippen molar-refractivity contribution in [1.82, 2.24) is 5.32 Å². The Labute approximate surface area is 127 Å². The highest BCUT2D eigenvalue weighted by molar-refractivity contribution is 9.10. The number of carbonyl (C=O) groups excluding carboxylic acids is 2. The van der Waals surface area contributed by atoms with Gasteiger partial charge in [-0.05, 0) is 37.0 Å². The maximum Gasteiger partial charge on any atom is 0.309 e. The van der Waals surface area contributed by atoms with Crippen LogP contribution in [-0.4, -0.2) is 18.5 Å². The summed E-state index contributed by atoms with van der Waals surface area (Å²) < 4.78 is 5.97. The molecule has 1 amide bonds. The Kier molecular flexibility index (Phi) is 5.17. The molecule has 2 rings (SSSR count). The Bertz CT molecular complexity index is 482. The standard InChI is InChI=1S/C15H18BrNO3/c1-2-13(10-5-7-12(16)8-6-10)17-14(18)9-20-15(19)11-3-4-11/h5-8,11,13H,2-4,9H2,1H3,(H,17,18)/t13-/m1/s1. The average molecular weight is 340 g/mol. The van der Waals surface area contributed by atoms with E-state index in [0.717, 1.165) is 29.3 Å². The number of rotatable bonds is 6. The van der Waals surface area contributed by atoms with Crippen LogP contribution in [0.2, 0.25) is 0 Å². The van der Waals surface area contributed by atoms with E-state index in [0.29, 0.717) is 0 Å². The molecular formula is C15H18BrNO3. The number of halogens is 1. The molecule has 0 bridgehead atoms. The summed E-state index contributed by atoms with van der Waals surface area (Å²) in [5, 5.41) is 2.89. The second kappa shape index (κ2) is 6.88. The largest absolute Gasteiger partial charge is 0.455 e. The molecule has 0 heterocycles. The molecule has 0 radical (unpaired) electrons. The fourth-order valence-electron chi connectivity index (χ4n) is 1.93. The number of amides is 1. The monoisotopic (exact) mass is 339 g/mol. The Morgan fingerprint density at radius 2 is 2.00 bits per heavy atom. The third-order valence-corrected chi connectivity index (χ3v) is 3.80. The lowest BCUT2D eigenvalue weighted by Crippen LogP contribution is -2.32. The Morgan fingerprint density at radius 1 is 1.35 bits per heavy atom. The van der Waals surface area contributed by atoms with Gasteiger partial charge in [0.1, 0.15) is 0 Å². The first-order valence-electron chi connectivity index (χ1n) is 6.81. The molecule has 0 unspecified atom stereocenters. The number of benzene rings is 1. The van der Waals surface area contributed by atoms with Crippen molar-refractivity contribution < 1.29 is 14.3 Å². The highest BCUT2D eigenvalue weighted by Crippen LogP contribution is 2.30. The Balaban J connectivity index is 1.83. The van der Waals surface area contributed by atoms with Gasteiger partial charge in [-0.25, -0.2) is 0 Å². The third kappa shape index (κ3) is 4.34. The van der Waals surface area contributed by atoms with Gasteiger partial charge in [0.15, 0.2) is 6.61 Å². The molecule has 1 saturated carbocycles. The van der Waals surface area contributed by atoms with Crippen LogP contribution in [0.1, 0.15) is 37.8 Å². The molecule has 0 spiro atoms. The summed E-state index contributed by atoms with van der Waals surface area (Å²) in [6, 6.07) is 7.76. The van der Waals surface area contributed by atoms with Crippen LogP contribution in [0, 0.1) is 5.92 Å². The van der Waals surface area contributed by atoms with Gasteiger partial charge in [-0.2, -0.15) is 0 Å². The molecule has 1 N–H and O–H groups in total. The summed E-state index contributed by atoms with van der Waals surface area (Å²) in [5.41, 5.74) is 1.04. The molecule has 0 aliphatic heterocycles. The fourth-order valence-corrected chi connectivity index (χ4v) is 2.19. The SMILES string of the molecule is CC[C@@H](NC(=O)COC(=O)C1CC1)c1ccc(Br)cc1. The molecule has 0 saturated heterocycles. The van der Waals surface area contributed by atoms with E-state index < -0.39 is 0 Å². The lowest BCUT2D eigenvalue weighted by atomic mass is 10.0. The number of carbonyl (C=O) groups is 2. The van der Waals surface area contributed by atoms with Gasteiger partial charge in [-0.3, -0.25) is 9.59 Å². The first-order valence-corrected chi connectivity index (χ1v) is 7.61. The van der Waals surface area contributed by atoms with Crippen molar-refractivity contribution in [3.8, 4) is 0 Å². The summed E-state index contributed by atoms with van der Waals surface area (Å²) in [7, 11) is 0. The Hall–Kier alpha value is -1.36. The molecule has 1 fully saturated rings. The predicted molar refractivity (Wildman–Crippen MR) is 79.0 cm³/mol. The zero-order valence-corrected chi connectivity index (χ0v) is 13.0. The molecule has 1 aromatic rings. The van der Waals surface area contributed by atoms with Crippen molar-refractivity contribution in [2.45, 2.75) is 32.2 Å². The lowest BCUT2D eigenvalue weighted by molar-refractivity contribution is -0.150. The normalized spacial score (nSPS) is 15.5. The summed E-state index contributed by atoms with van der Waals surface area (Å²) in [5.74, 6) is -0.484. The molecular weight excluding hydrogens is 322 g/mol. The van der Waals surface area contributed by atoms with Crippen molar-refractivity contribution in [2.75, 3.05) is 6.61 Å². The highest BCUT2D eigenvalue weighted by Gasteiger charge is 2.31. The van der Waals surface area contributed by atoms with Crippen LogP contribution in [0.3, 0.4) is 0 Å². The second-order valence-corrected chi connectivity index (χ2v) is 5.88. The van der Waals surface area contributed by atoms with Gasteiger partial charge in [-0.1, -0.05) is 35.0 Å². The minimum atomic E-state index is -0.256. The van der Waals surface area contributed by atoms with Gasteiger partial charge in [0.25, 0.3) is 5.91 Å². The number of nitrogens with one attached hydrogen (secondary N) is 1. The summed E-state index contributed by atoms with van der Waals surface area (Å²) in [6.07, 6.45) is 2.55. The predicted octanol–water partition coefficient (Wildman–Crippen LogP) is 2.97. The summed E-state index contributed by atoms with van der Waals surface area (Å²) >= 11 is 3.38. The van der Waals surface area contributed by atoms with E-state index in [1.807, 2.05) is 31.2 Å². The van der Waals surface area contributed by atoms with Gasteiger partial charge < -0.3 is 10.1 Å². The molecule has 108 valence electrons. The van der Waals surface area contributed by atoms with E-state index in [-0.39, 0.29) is 30.4 Å². The highest BCUT2D eigenvalue weighted by atomic mass is 79.9. The van der Waals surface area contributed by atoms with Crippen molar-refractivity contribution in [2.24, 2.45) is 5.92 Å². The van der Waals surface area contributed by atoms with Gasteiger partial charge in [0.2, 0.25) is 0 Å². The average Bonchev–Trinajstić information content (AvgIpc) is 3.28. The molecule has 0 aromatic heterocycles. The van der Waals surface area contributed by atoms with E-state index in [4.69, 9.17) is 4.74 Å². The van der Waals surface area contributed by atoms with Crippen LogP contribution < -0.4 is 5.32 Å². The van der Waals surface area contributed by atoms with Gasteiger partial charge in [-0.15, -0.1) is 0 Å². The minimum absolute atomic E-state index is 0.0243. The number of esters is 1. The number of ether oxygens (including phenoxy) is 1. The topological polar surface area (TPSA) is 55.4 Å². The maximum absolute atomic E-state index is 11.8. The smallest absolute Gasteiger partial charge is 0.309 e. The van der Waals surface area contributed by atoms with E-state index in [1.165, 1.54) is 0 Å². The molecule has 4 nitrogen and oxygen atoms in total.